The number of methoxy groups -OCH3 is 1. The summed E-state index contributed by atoms with van der Waals surface area (Å²) in [7, 11) is -2.61. The smallest absolute Gasteiger partial charge is 0.326 e. The molecule has 0 aliphatic carbocycles. The molecule has 0 aliphatic rings. The van der Waals surface area contributed by atoms with Crippen LogP contribution >= 0.6 is 0 Å². The molecule has 0 unspecified atom stereocenters. The Morgan fingerprint density at radius 1 is 1.56 bits per heavy atom. The van der Waals surface area contributed by atoms with E-state index in [9.17, 15) is 13.2 Å². The van der Waals surface area contributed by atoms with Crippen LogP contribution in [0, 0.1) is 0 Å². The Labute approximate surface area is 93.3 Å². The van der Waals surface area contributed by atoms with Gasteiger partial charge in [-0.3, -0.25) is 4.79 Å². The summed E-state index contributed by atoms with van der Waals surface area (Å²) in [4.78, 5) is 17.3. The number of sulfonamides is 1. The first-order valence-corrected chi connectivity index (χ1v) is 5.88. The van der Waals surface area contributed by atoms with Crippen molar-refractivity contribution in [2.45, 2.75) is 24.4 Å². The first kappa shape index (κ1) is 12.7. The number of carbonyl (C=O) groups is 1. The van der Waals surface area contributed by atoms with Crippen LogP contribution in [0.5, 0.6) is 0 Å². The van der Waals surface area contributed by atoms with Gasteiger partial charge in [0.05, 0.1) is 19.6 Å². The maximum absolute atomic E-state index is 11.7. The number of carbonyl (C=O) groups excluding carboxylic acids is 1. The van der Waals surface area contributed by atoms with Gasteiger partial charge < -0.3 is 9.72 Å². The molecule has 0 radical (unpaired) electrons. The van der Waals surface area contributed by atoms with Crippen molar-refractivity contribution >= 4 is 16.0 Å². The van der Waals surface area contributed by atoms with Gasteiger partial charge in [0, 0.05) is 0 Å². The number of hydrogen-bond donors (Lipinski definition) is 2. The zero-order valence-corrected chi connectivity index (χ0v) is 9.96. The van der Waals surface area contributed by atoms with Gasteiger partial charge in [0.25, 0.3) is 10.0 Å². The molecule has 0 atom stereocenters. The average molecular weight is 247 g/mol. The minimum absolute atomic E-state index is 0.107. The van der Waals surface area contributed by atoms with Gasteiger partial charge >= 0.3 is 5.97 Å². The minimum Gasteiger partial charge on any atom is -0.468 e. The summed E-state index contributed by atoms with van der Waals surface area (Å²) in [5.74, 6) is -0.671. The molecule has 1 aromatic heterocycles. The molecule has 0 saturated heterocycles. The number of H-pyrrole nitrogens is 1. The Bertz CT molecular complexity index is 463. The van der Waals surface area contributed by atoms with Crippen molar-refractivity contribution in [1.82, 2.24) is 14.7 Å². The Morgan fingerprint density at radius 3 is 2.62 bits per heavy atom. The molecular weight excluding hydrogens is 234 g/mol. The molecule has 90 valence electrons. The quantitative estimate of drug-likeness (QED) is 0.707. The molecule has 0 saturated carbocycles. The highest BCUT2D eigenvalue weighted by Gasteiger charge is 2.34. The van der Waals surface area contributed by atoms with Crippen LogP contribution < -0.4 is 4.72 Å². The van der Waals surface area contributed by atoms with Gasteiger partial charge in [-0.05, 0) is 13.8 Å². The number of aromatic nitrogens is 2. The van der Waals surface area contributed by atoms with E-state index in [-0.39, 0.29) is 5.03 Å². The van der Waals surface area contributed by atoms with Crippen LogP contribution in [0.2, 0.25) is 0 Å². The lowest BCUT2D eigenvalue weighted by molar-refractivity contribution is -0.146. The number of aromatic amines is 1. The topological polar surface area (TPSA) is 101 Å². The van der Waals surface area contributed by atoms with Crippen LogP contribution in [-0.2, 0) is 19.6 Å². The molecule has 2 N–H and O–H groups in total. The van der Waals surface area contributed by atoms with E-state index >= 15 is 0 Å². The monoisotopic (exact) mass is 247 g/mol. The van der Waals surface area contributed by atoms with E-state index in [1.807, 2.05) is 0 Å². The Hall–Kier alpha value is -1.41. The summed E-state index contributed by atoms with van der Waals surface area (Å²) >= 11 is 0. The molecule has 0 aromatic carbocycles. The third kappa shape index (κ3) is 2.58. The fraction of sp³-hybridized carbons (Fsp3) is 0.500. The summed E-state index contributed by atoms with van der Waals surface area (Å²) < 4.78 is 30.2. The van der Waals surface area contributed by atoms with Crippen molar-refractivity contribution in [1.29, 1.82) is 0 Å². The van der Waals surface area contributed by atoms with Crippen molar-refractivity contribution in [3.63, 3.8) is 0 Å². The first-order valence-electron chi connectivity index (χ1n) is 4.40. The van der Waals surface area contributed by atoms with Crippen LogP contribution in [-0.4, -0.2) is 37.0 Å². The SMILES string of the molecule is COC(=O)C(C)(C)NS(=O)(=O)c1cnc[nH]1. The molecule has 7 nitrogen and oxygen atoms in total. The molecule has 0 fully saturated rings. The van der Waals surface area contributed by atoms with Gasteiger partial charge in [0.2, 0.25) is 0 Å². The highest BCUT2D eigenvalue weighted by Crippen LogP contribution is 2.11. The van der Waals surface area contributed by atoms with Crippen LogP contribution in [0.15, 0.2) is 17.6 Å². The van der Waals surface area contributed by atoms with Gasteiger partial charge in [-0.25, -0.2) is 13.4 Å². The first-order chi connectivity index (χ1) is 7.29. The Kier molecular flexibility index (Phi) is 3.34. The number of rotatable bonds is 4. The van der Waals surface area contributed by atoms with Crippen molar-refractivity contribution in [3.05, 3.63) is 12.5 Å². The van der Waals surface area contributed by atoms with E-state index in [2.05, 4.69) is 19.4 Å². The highest BCUT2D eigenvalue weighted by molar-refractivity contribution is 7.89. The van der Waals surface area contributed by atoms with Crippen molar-refractivity contribution in [2.24, 2.45) is 0 Å². The maximum Gasteiger partial charge on any atom is 0.326 e. The molecule has 1 aromatic rings. The maximum atomic E-state index is 11.7. The van der Waals surface area contributed by atoms with E-state index in [0.29, 0.717) is 0 Å². The molecule has 0 aliphatic heterocycles. The fourth-order valence-corrected chi connectivity index (χ4v) is 2.35. The van der Waals surface area contributed by atoms with Crippen LogP contribution in [0.1, 0.15) is 13.8 Å². The lowest BCUT2D eigenvalue weighted by Crippen LogP contribution is -2.50. The van der Waals surface area contributed by atoms with Crippen LogP contribution in [0.4, 0.5) is 0 Å². The van der Waals surface area contributed by atoms with Crippen LogP contribution in [0.25, 0.3) is 0 Å². The third-order valence-electron chi connectivity index (χ3n) is 1.85. The molecule has 16 heavy (non-hydrogen) atoms. The summed E-state index contributed by atoms with van der Waals surface area (Å²) in [6.45, 7) is 2.82. The molecule has 0 spiro atoms. The lowest BCUT2D eigenvalue weighted by Gasteiger charge is -2.22. The number of nitrogens with zero attached hydrogens (tertiary/aromatic N) is 1. The molecule has 8 heteroatoms. The molecule has 0 bridgehead atoms. The molecular formula is C8H13N3O4S. The Balaban J connectivity index is 2.94. The summed E-state index contributed by atoms with van der Waals surface area (Å²) in [6.07, 6.45) is 2.38. The van der Waals surface area contributed by atoms with Gasteiger partial charge in [-0.1, -0.05) is 0 Å². The lowest BCUT2D eigenvalue weighted by atomic mass is 10.1. The van der Waals surface area contributed by atoms with Crippen molar-refractivity contribution in [2.75, 3.05) is 7.11 Å². The summed E-state index contributed by atoms with van der Waals surface area (Å²) in [5.41, 5.74) is -1.33. The predicted molar refractivity (Wildman–Crippen MR) is 55.0 cm³/mol. The zero-order valence-electron chi connectivity index (χ0n) is 9.14. The zero-order chi connectivity index (χ0) is 12.4. The number of imidazole rings is 1. The molecule has 1 rings (SSSR count). The third-order valence-corrected chi connectivity index (χ3v) is 3.43. The second-order valence-corrected chi connectivity index (χ2v) is 5.29. The van der Waals surface area contributed by atoms with Crippen molar-refractivity contribution < 1.29 is 17.9 Å². The number of ether oxygens (including phenoxy) is 1. The minimum atomic E-state index is -3.80. The van der Waals surface area contributed by atoms with Gasteiger partial charge in [0.15, 0.2) is 5.03 Å². The average Bonchev–Trinajstić information content (AvgIpc) is 2.68. The molecule has 1 heterocycles. The highest BCUT2D eigenvalue weighted by atomic mass is 32.2. The van der Waals surface area contributed by atoms with E-state index in [1.54, 1.807) is 0 Å². The van der Waals surface area contributed by atoms with Crippen LogP contribution in [0.3, 0.4) is 0 Å². The largest absolute Gasteiger partial charge is 0.468 e. The van der Waals surface area contributed by atoms with Gasteiger partial charge in [-0.2, -0.15) is 4.72 Å². The standard InChI is InChI=1S/C8H13N3O4S/c1-8(2,7(12)15-3)11-16(13,14)6-4-9-5-10-6/h4-5,11H,1-3H3,(H,9,10). The van der Waals surface area contributed by atoms with Gasteiger partial charge in [0.1, 0.15) is 5.54 Å². The number of hydrogen-bond acceptors (Lipinski definition) is 5. The second kappa shape index (κ2) is 4.22. The number of esters is 1. The fourth-order valence-electron chi connectivity index (χ4n) is 1.08. The van der Waals surface area contributed by atoms with Gasteiger partial charge in [-0.15, -0.1) is 0 Å². The van der Waals surface area contributed by atoms with E-state index < -0.39 is 21.5 Å². The second-order valence-electron chi connectivity index (χ2n) is 3.64. The summed E-state index contributed by atoms with van der Waals surface area (Å²) in [5, 5.41) is -0.107. The number of nitrogens with one attached hydrogen (secondary N) is 2. The van der Waals surface area contributed by atoms with Crippen molar-refractivity contribution in [3.8, 4) is 0 Å². The predicted octanol–water partition coefficient (Wildman–Crippen LogP) is -0.360. The Morgan fingerprint density at radius 2 is 2.19 bits per heavy atom. The van der Waals surface area contributed by atoms with E-state index in [4.69, 9.17) is 0 Å². The normalized spacial score (nSPS) is 12.4. The summed E-state index contributed by atoms with van der Waals surface area (Å²) in [6, 6.07) is 0. The molecule has 0 amide bonds. The van der Waals surface area contributed by atoms with E-state index in [1.165, 1.54) is 27.3 Å². The van der Waals surface area contributed by atoms with E-state index in [0.717, 1.165) is 6.20 Å².